The minimum Gasteiger partial charge on any atom is -0.496 e. The van der Waals surface area contributed by atoms with E-state index in [9.17, 15) is 28.8 Å². The first-order chi connectivity index (χ1) is 28.0. The van der Waals surface area contributed by atoms with E-state index in [1.165, 1.54) is 4.90 Å². The number of rotatable bonds is 15. The van der Waals surface area contributed by atoms with E-state index < -0.39 is 18.0 Å². The van der Waals surface area contributed by atoms with Crippen molar-refractivity contribution >= 4 is 64.9 Å². The lowest BCUT2D eigenvalue weighted by Gasteiger charge is -2.43. The molecule has 1 aliphatic carbocycles. The van der Waals surface area contributed by atoms with Crippen molar-refractivity contribution in [1.29, 1.82) is 0 Å². The first-order valence-electron chi connectivity index (χ1n) is 20.4. The zero-order valence-electron chi connectivity index (χ0n) is 33.8. The number of nitrogens with zero attached hydrogens (tertiary/aromatic N) is 5. The fraction of sp³-hybridized carbons (Fsp3) is 0.488. The highest BCUT2D eigenvalue weighted by molar-refractivity contribution is 6.07. The van der Waals surface area contributed by atoms with Crippen LogP contribution in [0.15, 0.2) is 42.6 Å². The number of unbranched alkanes of at least 4 members (excludes halogenated alkanes) is 2. The van der Waals surface area contributed by atoms with Crippen LogP contribution in [0.3, 0.4) is 0 Å². The number of carbonyl (C=O) groups is 6. The van der Waals surface area contributed by atoms with Crippen LogP contribution in [-0.4, -0.2) is 88.5 Å². The summed E-state index contributed by atoms with van der Waals surface area (Å²) in [5.41, 5.74) is 9.85. The number of nitrogens with two attached hydrogens (primary N) is 1. The number of likely N-dealkylation sites (N-methyl/N-ethyl adjacent to an activating group) is 1. The van der Waals surface area contributed by atoms with Crippen molar-refractivity contribution in [3.63, 3.8) is 0 Å². The van der Waals surface area contributed by atoms with Gasteiger partial charge in [0, 0.05) is 66.8 Å². The summed E-state index contributed by atoms with van der Waals surface area (Å²) in [6, 6.07) is 8.96. The van der Waals surface area contributed by atoms with E-state index in [4.69, 9.17) is 15.5 Å². The van der Waals surface area contributed by atoms with Gasteiger partial charge in [0.1, 0.15) is 29.3 Å². The van der Waals surface area contributed by atoms with Crippen molar-refractivity contribution in [1.82, 2.24) is 20.2 Å². The van der Waals surface area contributed by atoms with E-state index in [1.54, 1.807) is 55.6 Å². The van der Waals surface area contributed by atoms with Gasteiger partial charge < -0.3 is 30.5 Å². The van der Waals surface area contributed by atoms with Crippen LogP contribution in [0.2, 0.25) is 0 Å². The van der Waals surface area contributed by atoms with Crippen LogP contribution in [0.25, 0.3) is 0 Å². The molecule has 0 bridgehead atoms. The molecule has 1 saturated carbocycles. The minimum absolute atomic E-state index is 0. The second kappa shape index (κ2) is 18.7. The molecule has 5 amide bonds. The number of piperidine rings is 1. The molecule has 0 radical (unpaired) electrons. The standard InChI is InChI=1S/C43H52N8O7.ClH/c1-4-32-43(57)49(2)34-23-45-37(47-39(34)51(32)27-11-8-9-12-27)22-26-18-17-25(21-36(26)58-3)35(52)16-7-5-6-14-30(44)40(54)46-31-15-10-13-28-29(31)24-50(42(28)56)33-19-20-38(53)48-41(33)55;/h10,13,15,17-18,21,23,27,30,32-33H,4-9,11-12,14,16,19-20,22,24,44H2,1-3H3,(H,46,54)(H,48,53,55);1H/t30-,32-,33?;/m1./s1. The van der Waals surface area contributed by atoms with E-state index in [-0.39, 0.29) is 73.3 Å². The molecule has 16 heteroatoms. The zero-order chi connectivity index (χ0) is 41.1. The topological polar surface area (TPSA) is 197 Å². The predicted molar refractivity (Wildman–Crippen MR) is 224 cm³/mol. The van der Waals surface area contributed by atoms with Gasteiger partial charge in [-0.15, -0.1) is 12.4 Å². The average molecular weight is 829 g/mol. The number of methoxy groups -OCH3 is 1. The fourth-order valence-electron chi connectivity index (χ4n) is 8.77. The lowest BCUT2D eigenvalue weighted by molar-refractivity contribution is -0.137. The van der Waals surface area contributed by atoms with Gasteiger partial charge in [-0.2, -0.15) is 0 Å². The second-order valence-electron chi connectivity index (χ2n) is 15.7. The van der Waals surface area contributed by atoms with Gasteiger partial charge in [-0.3, -0.25) is 34.1 Å². The Balaban J connectivity index is 0.00000585. The molecule has 59 heavy (non-hydrogen) atoms. The van der Waals surface area contributed by atoms with E-state index >= 15 is 0 Å². The number of aromatic nitrogens is 2. The molecule has 7 rings (SSSR count). The zero-order valence-corrected chi connectivity index (χ0v) is 34.6. The number of benzene rings is 2. The molecular weight excluding hydrogens is 776 g/mol. The van der Waals surface area contributed by atoms with Crippen molar-refractivity contribution in [2.75, 3.05) is 29.3 Å². The molecule has 4 heterocycles. The number of carbonyl (C=O) groups excluding carboxylic acids is 6. The summed E-state index contributed by atoms with van der Waals surface area (Å²) >= 11 is 0. The number of ketones is 1. The Morgan fingerprint density at radius 1 is 1.05 bits per heavy atom. The highest BCUT2D eigenvalue weighted by Crippen LogP contribution is 2.40. The van der Waals surface area contributed by atoms with Gasteiger partial charge in [0.2, 0.25) is 23.6 Å². The molecule has 1 aromatic heterocycles. The van der Waals surface area contributed by atoms with Gasteiger partial charge in [0.05, 0.1) is 19.3 Å². The van der Waals surface area contributed by atoms with Crippen molar-refractivity contribution in [3.8, 4) is 5.75 Å². The molecule has 3 atom stereocenters. The molecule has 3 aromatic rings. The van der Waals surface area contributed by atoms with E-state index in [1.807, 2.05) is 13.0 Å². The summed E-state index contributed by atoms with van der Waals surface area (Å²) in [6.07, 6.45) is 10.3. The maximum absolute atomic E-state index is 13.3. The number of nitrogens with one attached hydrogen (secondary N) is 2. The Bertz CT molecular complexity index is 2120. The van der Waals surface area contributed by atoms with Crippen LogP contribution in [0, 0.1) is 0 Å². The van der Waals surface area contributed by atoms with Crippen molar-refractivity contribution in [2.45, 2.75) is 121 Å². The van der Waals surface area contributed by atoms with Gasteiger partial charge in [-0.25, -0.2) is 9.97 Å². The number of hydrogen-bond acceptors (Lipinski definition) is 11. The Kier molecular flexibility index (Phi) is 13.7. The summed E-state index contributed by atoms with van der Waals surface area (Å²) in [5, 5.41) is 5.16. The number of halogens is 1. The number of ether oxygens (including phenoxy) is 1. The van der Waals surface area contributed by atoms with Crippen molar-refractivity contribution in [2.24, 2.45) is 5.73 Å². The number of amides is 5. The third kappa shape index (κ3) is 8.96. The number of imide groups is 1. The van der Waals surface area contributed by atoms with Crippen LogP contribution in [-0.2, 0) is 32.1 Å². The average Bonchev–Trinajstić information content (AvgIpc) is 3.87. The molecule has 314 valence electrons. The first kappa shape index (κ1) is 43.2. The molecule has 15 nitrogen and oxygen atoms in total. The van der Waals surface area contributed by atoms with Crippen LogP contribution in [0.5, 0.6) is 5.75 Å². The Morgan fingerprint density at radius 2 is 1.83 bits per heavy atom. The third-order valence-electron chi connectivity index (χ3n) is 12.0. The molecule has 1 saturated heterocycles. The quantitative estimate of drug-likeness (QED) is 0.108. The van der Waals surface area contributed by atoms with Gasteiger partial charge in [0.15, 0.2) is 11.6 Å². The Hall–Kier alpha value is -5.41. The lowest BCUT2D eigenvalue weighted by Crippen LogP contribution is -2.55. The Labute approximate surface area is 350 Å². The summed E-state index contributed by atoms with van der Waals surface area (Å²) in [4.78, 5) is 91.8. The molecule has 3 aliphatic heterocycles. The number of fused-ring (bicyclic) bond motifs is 2. The van der Waals surface area contributed by atoms with E-state index in [0.29, 0.717) is 78.9 Å². The second-order valence-corrected chi connectivity index (χ2v) is 15.7. The predicted octanol–water partition coefficient (Wildman–Crippen LogP) is 4.86. The minimum atomic E-state index is -0.798. The summed E-state index contributed by atoms with van der Waals surface area (Å²) < 4.78 is 5.72. The molecule has 4 N–H and O–H groups in total. The van der Waals surface area contributed by atoms with Crippen molar-refractivity contribution < 1.29 is 33.5 Å². The molecule has 0 spiro atoms. The molecular formula is C43H53ClN8O7. The number of anilines is 3. The first-order valence-corrected chi connectivity index (χ1v) is 20.4. The highest BCUT2D eigenvalue weighted by atomic mass is 35.5. The van der Waals surface area contributed by atoms with Crippen LogP contribution in [0.1, 0.15) is 122 Å². The maximum atomic E-state index is 13.3. The van der Waals surface area contributed by atoms with E-state index in [0.717, 1.165) is 42.8 Å². The maximum Gasteiger partial charge on any atom is 0.255 e. The fourth-order valence-corrected chi connectivity index (χ4v) is 8.77. The monoisotopic (exact) mass is 828 g/mol. The molecule has 1 unspecified atom stereocenters. The third-order valence-corrected chi connectivity index (χ3v) is 12.0. The van der Waals surface area contributed by atoms with Gasteiger partial charge >= 0.3 is 0 Å². The number of Topliss-reactive ketones (excluding diaryl/α,β-unsaturated/α-hetero) is 1. The molecule has 4 aliphatic rings. The summed E-state index contributed by atoms with van der Waals surface area (Å²) in [7, 11) is 3.37. The van der Waals surface area contributed by atoms with E-state index in [2.05, 4.69) is 20.5 Å². The normalized spacial score (nSPS) is 19.6. The Morgan fingerprint density at radius 3 is 2.56 bits per heavy atom. The number of hydrogen-bond donors (Lipinski definition) is 3. The van der Waals surface area contributed by atoms with Gasteiger partial charge in [-0.1, -0.05) is 50.8 Å². The van der Waals surface area contributed by atoms with Gasteiger partial charge in [-0.05, 0) is 56.7 Å². The summed E-state index contributed by atoms with van der Waals surface area (Å²) in [5.74, 6) is 0.488. The van der Waals surface area contributed by atoms with Crippen LogP contribution in [0.4, 0.5) is 17.2 Å². The summed E-state index contributed by atoms with van der Waals surface area (Å²) in [6.45, 7) is 2.18. The highest BCUT2D eigenvalue weighted by Gasteiger charge is 2.42. The van der Waals surface area contributed by atoms with Gasteiger partial charge in [0.25, 0.3) is 5.91 Å². The molecule has 2 aromatic carbocycles. The van der Waals surface area contributed by atoms with Crippen LogP contribution < -0.4 is 30.9 Å². The van der Waals surface area contributed by atoms with Crippen molar-refractivity contribution in [3.05, 3.63) is 70.7 Å². The molecule has 2 fully saturated rings. The smallest absolute Gasteiger partial charge is 0.255 e. The van der Waals surface area contributed by atoms with Crippen LogP contribution >= 0.6 is 12.4 Å². The SMILES string of the molecule is CC[C@@H]1C(=O)N(C)c2cnc(Cc3ccc(C(=O)CCCCC[C@@H](N)C(=O)Nc4cccc5c4CN(C4CCC(=O)NC4=O)C5=O)cc3OC)nc2N1C1CCCC1.Cl. The largest absolute Gasteiger partial charge is 0.496 e. The lowest BCUT2D eigenvalue weighted by atomic mass is 10.00.